The summed E-state index contributed by atoms with van der Waals surface area (Å²) in [5.41, 5.74) is 3.33. The molecule has 0 saturated heterocycles. The Bertz CT molecular complexity index is 773. The molecule has 1 atom stereocenters. The Morgan fingerprint density at radius 3 is 1.88 bits per heavy atom. The fourth-order valence-electron chi connectivity index (χ4n) is 2.82. The van der Waals surface area contributed by atoms with Crippen LogP contribution in [0.1, 0.15) is 22.7 Å². The molecular formula is C22H23N2O+. The molecule has 3 aromatic rings. The van der Waals surface area contributed by atoms with Crippen LogP contribution in [0.5, 0.6) is 0 Å². The molecule has 0 heterocycles. The highest BCUT2D eigenvalue weighted by Gasteiger charge is 2.23. The second-order valence-electron chi connectivity index (χ2n) is 6.02. The van der Waals surface area contributed by atoms with Gasteiger partial charge in [-0.1, -0.05) is 91.0 Å². The highest BCUT2D eigenvalue weighted by Crippen LogP contribution is 2.09. The van der Waals surface area contributed by atoms with E-state index >= 15 is 0 Å². The summed E-state index contributed by atoms with van der Waals surface area (Å²) in [6, 6.07) is 29.9. The molecule has 0 bridgehead atoms. The topological polar surface area (TPSA) is 45.7 Å². The average molecular weight is 331 g/mol. The number of hydrogen-bond donors (Lipinski definition) is 2. The monoisotopic (exact) mass is 331 g/mol. The third-order valence-electron chi connectivity index (χ3n) is 4.18. The second-order valence-corrected chi connectivity index (χ2v) is 6.02. The number of nitrogens with two attached hydrogens (primary N) is 1. The Kier molecular flexibility index (Phi) is 5.96. The first-order valence-corrected chi connectivity index (χ1v) is 8.57. The number of hydrogen-bond acceptors (Lipinski definition) is 1. The van der Waals surface area contributed by atoms with Crippen LogP contribution in [-0.4, -0.2) is 5.91 Å². The zero-order chi connectivity index (χ0) is 17.3. The van der Waals surface area contributed by atoms with E-state index in [0.29, 0.717) is 6.54 Å². The molecule has 0 aliphatic carbocycles. The van der Waals surface area contributed by atoms with Crippen molar-refractivity contribution >= 4 is 5.91 Å². The van der Waals surface area contributed by atoms with Gasteiger partial charge in [-0.3, -0.25) is 4.79 Å². The van der Waals surface area contributed by atoms with E-state index in [-0.39, 0.29) is 11.9 Å². The minimum Gasteiger partial charge on any atom is -0.347 e. The molecule has 126 valence electrons. The normalized spacial score (nSPS) is 11.7. The smallest absolute Gasteiger partial charge is 0.283 e. The van der Waals surface area contributed by atoms with Crippen molar-refractivity contribution in [3.8, 4) is 0 Å². The Hall–Kier alpha value is -2.91. The third kappa shape index (κ3) is 5.03. The molecule has 1 amide bonds. The lowest BCUT2D eigenvalue weighted by Gasteiger charge is -2.16. The number of benzene rings is 3. The van der Waals surface area contributed by atoms with E-state index in [1.807, 2.05) is 78.9 Å². The number of carbonyl (C=O) groups is 1. The summed E-state index contributed by atoms with van der Waals surface area (Å²) in [5.74, 6) is 0.0333. The number of carbonyl (C=O) groups excluding carboxylic acids is 1. The quantitative estimate of drug-likeness (QED) is 0.687. The number of nitrogens with one attached hydrogen (secondary N) is 1. The fraction of sp³-hybridized carbons (Fsp3) is 0.136. The van der Waals surface area contributed by atoms with E-state index in [0.717, 1.165) is 17.7 Å². The summed E-state index contributed by atoms with van der Waals surface area (Å²) in [5, 5.41) is 5.15. The highest BCUT2D eigenvalue weighted by molar-refractivity contribution is 5.81. The van der Waals surface area contributed by atoms with Gasteiger partial charge in [0.05, 0.1) is 0 Å². The van der Waals surface area contributed by atoms with Crippen molar-refractivity contribution in [2.24, 2.45) is 0 Å². The van der Waals surface area contributed by atoms with E-state index in [2.05, 4.69) is 22.8 Å². The summed E-state index contributed by atoms with van der Waals surface area (Å²) in [7, 11) is 0. The maximum atomic E-state index is 12.8. The molecule has 3 nitrogen and oxygen atoms in total. The SMILES string of the molecule is O=C(NCc1ccccc1)[C@@H]([NH2+]Cc1ccccc1)c1ccccc1. The summed E-state index contributed by atoms with van der Waals surface area (Å²) in [4.78, 5) is 12.8. The number of amides is 1. The summed E-state index contributed by atoms with van der Waals surface area (Å²) in [6.07, 6.45) is 0. The fourth-order valence-corrected chi connectivity index (χ4v) is 2.82. The molecule has 3 rings (SSSR count). The summed E-state index contributed by atoms with van der Waals surface area (Å²) in [6.45, 7) is 1.31. The van der Waals surface area contributed by atoms with Crippen molar-refractivity contribution in [1.29, 1.82) is 0 Å². The third-order valence-corrected chi connectivity index (χ3v) is 4.18. The van der Waals surface area contributed by atoms with Gasteiger partial charge in [0.2, 0.25) is 0 Å². The second kappa shape index (κ2) is 8.81. The first kappa shape index (κ1) is 16.9. The van der Waals surface area contributed by atoms with Crippen molar-refractivity contribution in [1.82, 2.24) is 5.32 Å². The molecule has 0 radical (unpaired) electrons. The lowest BCUT2D eigenvalue weighted by atomic mass is 10.1. The van der Waals surface area contributed by atoms with Crippen LogP contribution in [0.2, 0.25) is 0 Å². The first-order valence-electron chi connectivity index (χ1n) is 8.57. The van der Waals surface area contributed by atoms with Gasteiger partial charge < -0.3 is 10.6 Å². The van der Waals surface area contributed by atoms with Crippen molar-refractivity contribution in [2.45, 2.75) is 19.1 Å². The molecule has 0 aromatic heterocycles. The van der Waals surface area contributed by atoms with Crippen LogP contribution >= 0.6 is 0 Å². The van der Waals surface area contributed by atoms with Crippen LogP contribution in [0.15, 0.2) is 91.0 Å². The van der Waals surface area contributed by atoms with Gasteiger partial charge in [-0.05, 0) is 5.56 Å². The van der Waals surface area contributed by atoms with Gasteiger partial charge in [0.15, 0.2) is 6.04 Å². The van der Waals surface area contributed by atoms with Crippen LogP contribution in [0, 0.1) is 0 Å². The van der Waals surface area contributed by atoms with Gasteiger partial charge >= 0.3 is 0 Å². The van der Waals surface area contributed by atoms with E-state index in [1.165, 1.54) is 5.56 Å². The lowest BCUT2D eigenvalue weighted by molar-refractivity contribution is -0.698. The molecular weight excluding hydrogens is 308 g/mol. The first-order chi connectivity index (χ1) is 12.3. The summed E-state index contributed by atoms with van der Waals surface area (Å²) >= 11 is 0. The van der Waals surface area contributed by atoms with Crippen molar-refractivity contribution in [3.05, 3.63) is 108 Å². The Labute approximate surface area is 148 Å². The molecule has 0 spiro atoms. The van der Waals surface area contributed by atoms with Crippen molar-refractivity contribution in [3.63, 3.8) is 0 Å². The van der Waals surface area contributed by atoms with Gasteiger partial charge in [0, 0.05) is 17.7 Å². The lowest BCUT2D eigenvalue weighted by Crippen LogP contribution is -2.86. The zero-order valence-corrected chi connectivity index (χ0v) is 14.1. The molecule has 0 unspecified atom stereocenters. The van der Waals surface area contributed by atoms with Crippen LogP contribution in [0.25, 0.3) is 0 Å². The Balaban J connectivity index is 1.68. The van der Waals surface area contributed by atoms with Crippen LogP contribution in [0.3, 0.4) is 0 Å². The minimum absolute atomic E-state index is 0.0333. The highest BCUT2D eigenvalue weighted by atomic mass is 16.2. The van der Waals surface area contributed by atoms with Gasteiger partial charge in [0.25, 0.3) is 5.91 Å². The molecule has 25 heavy (non-hydrogen) atoms. The van der Waals surface area contributed by atoms with E-state index < -0.39 is 0 Å². The molecule has 3 heteroatoms. The standard InChI is InChI=1S/C22H22N2O/c25-22(24-17-19-12-6-2-7-13-19)21(20-14-8-3-9-15-20)23-16-18-10-4-1-5-11-18/h1-15,21,23H,16-17H2,(H,24,25)/p+1/t21-/m0/s1. The Morgan fingerprint density at radius 1 is 0.760 bits per heavy atom. The number of rotatable bonds is 7. The average Bonchev–Trinajstić information content (AvgIpc) is 2.69. The van der Waals surface area contributed by atoms with Gasteiger partial charge in [0.1, 0.15) is 6.54 Å². The van der Waals surface area contributed by atoms with Crippen LogP contribution in [-0.2, 0) is 17.9 Å². The van der Waals surface area contributed by atoms with Gasteiger partial charge in [-0.15, -0.1) is 0 Å². The molecule has 0 aliphatic rings. The van der Waals surface area contributed by atoms with Crippen LogP contribution < -0.4 is 10.6 Å². The molecule has 0 saturated carbocycles. The molecule has 3 aromatic carbocycles. The van der Waals surface area contributed by atoms with E-state index in [4.69, 9.17) is 0 Å². The molecule has 0 fully saturated rings. The van der Waals surface area contributed by atoms with Gasteiger partial charge in [-0.2, -0.15) is 0 Å². The predicted molar refractivity (Wildman–Crippen MR) is 99.5 cm³/mol. The van der Waals surface area contributed by atoms with Gasteiger partial charge in [-0.25, -0.2) is 0 Å². The largest absolute Gasteiger partial charge is 0.347 e. The van der Waals surface area contributed by atoms with E-state index in [1.54, 1.807) is 0 Å². The maximum Gasteiger partial charge on any atom is 0.283 e. The number of quaternary nitrogens is 1. The van der Waals surface area contributed by atoms with Crippen molar-refractivity contribution in [2.75, 3.05) is 0 Å². The Morgan fingerprint density at radius 2 is 1.28 bits per heavy atom. The predicted octanol–water partition coefficient (Wildman–Crippen LogP) is 2.81. The minimum atomic E-state index is -0.259. The van der Waals surface area contributed by atoms with E-state index in [9.17, 15) is 4.79 Å². The van der Waals surface area contributed by atoms with Crippen LogP contribution in [0.4, 0.5) is 0 Å². The maximum absolute atomic E-state index is 12.8. The molecule has 3 N–H and O–H groups in total. The van der Waals surface area contributed by atoms with Crippen molar-refractivity contribution < 1.29 is 10.1 Å². The summed E-state index contributed by atoms with van der Waals surface area (Å²) < 4.78 is 0. The molecule has 0 aliphatic heterocycles. The zero-order valence-electron chi connectivity index (χ0n) is 14.1.